The maximum absolute atomic E-state index is 12.9. The molecule has 4 nitrogen and oxygen atoms in total. The summed E-state index contributed by atoms with van der Waals surface area (Å²) >= 11 is 1.76. The van der Waals surface area contributed by atoms with E-state index in [9.17, 15) is 4.79 Å². The molecule has 2 saturated carbocycles. The highest BCUT2D eigenvalue weighted by atomic mass is 32.2. The summed E-state index contributed by atoms with van der Waals surface area (Å²) in [4.78, 5) is 12.9. The number of azo groups is 1. The molecule has 0 aromatic rings. The molecule has 4 aliphatic rings. The molecule has 0 unspecified atom stereocenters. The van der Waals surface area contributed by atoms with Crippen LogP contribution in [0.4, 0.5) is 0 Å². The van der Waals surface area contributed by atoms with Crippen LogP contribution in [0.25, 0.3) is 0 Å². The first kappa shape index (κ1) is 13.1. The molecule has 1 saturated heterocycles. The molecule has 2 bridgehead atoms. The van der Waals surface area contributed by atoms with E-state index in [1.807, 2.05) is 6.92 Å². The van der Waals surface area contributed by atoms with E-state index in [-0.39, 0.29) is 5.91 Å². The molecular weight excluding hydrogens is 270 g/mol. The van der Waals surface area contributed by atoms with E-state index >= 15 is 0 Å². The van der Waals surface area contributed by atoms with Gasteiger partial charge in [0.05, 0.1) is 12.6 Å². The van der Waals surface area contributed by atoms with Crippen LogP contribution in [0.1, 0.15) is 46.5 Å². The highest BCUT2D eigenvalue weighted by Gasteiger charge is 2.69. The second kappa shape index (κ2) is 3.79. The van der Waals surface area contributed by atoms with Gasteiger partial charge in [0.25, 0.3) is 5.91 Å². The number of carbonyl (C=O) groups excluding carboxylic acids is 1. The van der Waals surface area contributed by atoms with Crippen molar-refractivity contribution in [2.75, 3.05) is 12.3 Å². The van der Waals surface area contributed by atoms with Gasteiger partial charge >= 0.3 is 0 Å². The first-order valence-corrected chi connectivity index (χ1v) is 8.70. The molecule has 4 atom stereocenters. The lowest BCUT2D eigenvalue weighted by Gasteiger charge is -2.38. The number of rotatable bonds is 1. The van der Waals surface area contributed by atoms with Gasteiger partial charge in [-0.1, -0.05) is 13.8 Å². The predicted molar refractivity (Wildman–Crippen MR) is 79.4 cm³/mol. The Labute approximate surface area is 124 Å². The topological polar surface area (TPSA) is 45.0 Å². The molecule has 5 heteroatoms. The Bertz CT molecular complexity index is 505. The lowest BCUT2D eigenvalue weighted by molar-refractivity contribution is -0.133. The zero-order chi connectivity index (χ0) is 14.2. The Morgan fingerprint density at radius 3 is 2.75 bits per heavy atom. The van der Waals surface area contributed by atoms with E-state index < -0.39 is 5.54 Å². The Kier molecular flexibility index (Phi) is 2.48. The van der Waals surface area contributed by atoms with E-state index in [1.165, 1.54) is 19.3 Å². The minimum absolute atomic E-state index is 0.203. The van der Waals surface area contributed by atoms with Crippen molar-refractivity contribution in [2.24, 2.45) is 27.0 Å². The fourth-order valence-electron chi connectivity index (χ4n) is 5.09. The largest absolute Gasteiger partial charge is 0.280 e. The fraction of sp³-hybridized carbons (Fsp3) is 0.933. The summed E-state index contributed by atoms with van der Waals surface area (Å²) in [6, 6.07) is 0.432. The predicted octanol–water partition coefficient (Wildman–Crippen LogP) is 3.29. The van der Waals surface area contributed by atoms with Crippen LogP contribution < -0.4 is 0 Å². The molecule has 0 radical (unpaired) electrons. The summed E-state index contributed by atoms with van der Waals surface area (Å²) in [6.07, 6.45) is 4.61. The van der Waals surface area contributed by atoms with Gasteiger partial charge in [0, 0.05) is 17.6 Å². The summed E-state index contributed by atoms with van der Waals surface area (Å²) in [5.41, 5.74) is 0.145. The number of hydrogen-bond donors (Lipinski definition) is 0. The van der Waals surface area contributed by atoms with Gasteiger partial charge in [-0.15, -0.1) is 0 Å². The van der Waals surface area contributed by atoms with E-state index in [2.05, 4.69) is 28.4 Å². The second-order valence-corrected chi connectivity index (χ2v) is 8.70. The van der Waals surface area contributed by atoms with Crippen LogP contribution in [0, 0.1) is 16.7 Å². The van der Waals surface area contributed by atoms with Gasteiger partial charge in [0.15, 0.2) is 5.54 Å². The van der Waals surface area contributed by atoms with Gasteiger partial charge < -0.3 is 0 Å². The van der Waals surface area contributed by atoms with Crippen LogP contribution >= 0.6 is 11.9 Å². The Morgan fingerprint density at radius 1 is 1.30 bits per heavy atom. The molecule has 1 spiro atoms. The van der Waals surface area contributed by atoms with E-state index in [1.54, 1.807) is 11.9 Å². The van der Waals surface area contributed by atoms with Crippen molar-refractivity contribution in [3.63, 3.8) is 0 Å². The molecule has 3 fully saturated rings. The third-order valence-electron chi connectivity index (χ3n) is 6.78. The summed E-state index contributed by atoms with van der Waals surface area (Å²) in [5, 5.41) is 8.30. The molecule has 2 heterocycles. The Hall–Kier alpha value is -0.580. The average Bonchev–Trinajstić information content (AvgIpc) is 3.11. The molecular formula is C15H23N3OS. The van der Waals surface area contributed by atoms with Gasteiger partial charge in [0.1, 0.15) is 0 Å². The van der Waals surface area contributed by atoms with Crippen molar-refractivity contribution in [1.82, 2.24) is 4.31 Å². The summed E-state index contributed by atoms with van der Waals surface area (Å²) < 4.78 is 2.10. The van der Waals surface area contributed by atoms with Crippen molar-refractivity contribution < 1.29 is 4.79 Å². The van der Waals surface area contributed by atoms with Crippen LogP contribution in [0.5, 0.6) is 0 Å². The standard InChI is InChI=1S/C15H23N3OS/c1-13(2)10-4-5-15(13)9-20-18(11(15)8-10)12(19)14(3)6-7-16-17-14/h10-11H,4-9H2,1-3H3/t10-,11-,14-,15-/m1/s1. The summed E-state index contributed by atoms with van der Waals surface area (Å²) in [7, 11) is 0. The van der Waals surface area contributed by atoms with Gasteiger partial charge in [-0.25, -0.2) is 0 Å². The number of fused-ring (bicyclic) bond motifs is 1. The van der Waals surface area contributed by atoms with E-state index in [0.717, 1.165) is 18.1 Å². The molecule has 2 aliphatic carbocycles. The van der Waals surface area contributed by atoms with Crippen molar-refractivity contribution in [2.45, 2.75) is 58.0 Å². The molecule has 110 valence electrons. The van der Waals surface area contributed by atoms with Gasteiger partial charge in [-0.2, -0.15) is 10.2 Å². The minimum atomic E-state index is -0.593. The SMILES string of the molecule is CC1(C)[C@@H]2CC[C@]13CSN(C(=O)[C@@]1(C)CCN=N1)[C@@H]3C2. The molecule has 0 aromatic heterocycles. The third kappa shape index (κ3) is 1.33. The Balaban J connectivity index is 1.65. The van der Waals surface area contributed by atoms with Gasteiger partial charge in [0.2, 0.25) is 0 Å². The normalized spacial score (nSPS) is 48.0. The van der Waals surface area contributed by atoms with Crippen molar-refractivity contribution in [1.29, 1.82) is 0 Å². The van der Waals surface area contributed by atoms with Crippen molar-refractivity contribution in [3.05, 3.63) is 0 Å². The monoisotopic (exact) mass is 293 g/mol. The number of hydrogen-bond acceptors (Lipinski definition) is 4. The molecule has 0 aromatic carbocycles. The molecule has 4 rings (SSSR count). The van der Waals surface area contributed by atoms with Crippen LogP contribution in [0.2, 0.25) is 0 Å². The molecule has 1 amide bonds. The summed E-state index contributed by atoms with van der Waals surface area (Å²) in [5.74, 6) is 2.11. The van der Waals surface area contributed by atoms with Gasteiger partial charge in [-0.05, 0) is 49.5 Å². The van der Waals surface area contributed by atoms with Crippen molar-refractivity contribution in [3.8, 4) is 0 Å². The minimum Gasteiger partial charge on any atom is -0.280 e. The van der Waals surface area contributed by atoms with E-state index in [4.69, 9.17) is 0 Å². The lowest BCUT2D eigenvalue weighted by atomic mass is 9.69. The zero-order valence-electron chi connectivity index (χ0n) is 12.6. The maximum Gasteiger partial charge on any atom is 0.262 e. The highest BCUT2D eigenvalue weighted by molar-refractivity contribution is 7.97. The Morgan fingerprint density at radius 2 is 2.10 bits per heavy atom. The maximum atomic E-state index is 12.9. The zero-order valence-corrected chi connectivity index (χ0v) is 13.4. The third-order valence-corrected chi connectivity index (χ3v) is 8.13. The first-order valence-electron chi connectivity index (χ1n) is 7.76. The molecule has 2 aliphatic heterocycles. The van der Waals surface area contributed by atoms with Crippen LogP contribution in [0.15, 0.2) is 10.2 Å². The lowest BCUT2D eigenvalue weighted by Crippen LogP contribution is -2.48. The van der Waals surface area contributed by atoms with Gasteiger partial charge in [-0.3, -0.25) is 9.10 Å². The number of nitrogens with zero attached hydrogens (tertiary/aromatic N) is 3. The number of carbonyl (C=O) groups is 1. The quantitative estimate of drug-likeness (QED) is 0.696. The second-order valence-electron chi connectivity index (χ2n) is 7.76. The van der Waals surface area contributed by atoms with Crippen LogP contribution in [-0.4, -0.2) is 34.1 Å². The smallest absolute Gasteiger partial charge is 0.262 e. The van der Waals surface area contributed by atoms with Crippen LogP contribution in [-0.2, 0) is 4.79 Å². The fourth-order valence-corrected chi connectivity index (χ4v) is 6.95. The molecule has 20 heavy (non-hydrogen) atoms. The highest BCUT2D eigenvalue weighted by Crippen LogP contribution is 2.71. The summed E-state index contributed by atoms with van der Waals surface area (Å²) in [6.45, 7) is 7.51. The molecule has 0 N–H and O–H groups in total. The van der Waals surface area contributed by atoms with Crippen molar-refractivity contribution >= 4 is 17.9 Å². The first-order chi connectivity index (χ1) is 9.41. The average molecular weight is 293 g/mol. The van der Waals surface area contributed by atoms with E-state index in [0.29, 0.717) is 23.4 Å². The number of amides is 1. The van der Waals surface area contributed by atoms with Crippen LogP contribution in [0.3, 0.4) is 0 Å².